The van der Waals surface area contributed by atoms with Crippen LogP contribution in [0.25, 0.3) is 0 Å². The highest BCUT2D eigenvalue weighted by Gasteiger charge is 2.27. The molecule has 0 saturated heterocycles. The van der Waals surface area contributed by atoms with E-state index in [0.717, 1.165) is 0 Å². The molecule has 1 N–H and O–H groups in total. The Kier molecular flexibility index (Phi) is 7.35. The summed E-state index contributed by atoms with van der Waals surface area (Å²) in [5, 5.41) is 2.35. The van der Waals surface area contributed by atoms with E-state index in [2.05, 4.69) is 23.2 Å². The zero-order valence-electron chi connectivity index (χ0n) is 13.1. The third-order valence-electron chi connectivity index (χ3n) is 2.25. The smallest absolute Gasteiger partial charge is 0.408 e. The molecule has 0 unspecified atom stereocenters. The molecular weight excluding hydrogens is 294 g/mol. The lowest BCUT2D eigenvalue weighted by Gasteiger charge is -2.22. The van der Waals surface area contributed by atoms with Crippen LogP contribution in [0, 0.1) is 0 Å². The number of hydrogen-bond acceptors (Lipinski definition) is 5. The van der Waals surface area contributed by atoms with Crippen LogP contribution in [-0.4, -0.2) is 40.8 Å². The summed E-state index contributed by atoms with van der Waals surface area (Å²) in [7, 11) is -0.369. The fourth-order valence-electron chi connectivity index (χ4n) is 1.21. The topological polar surface area (TPSA) is 81.7 Å². The summed E-state index contributed by atoms with van der Waals surface area (Å²) in [5.74, 6) is -0.860. The summed E-state index contributed by atoms with van der Waals surface area (Å²) < 4.78 is 21.7. The molecule has 0 aromatic carbocycles. The minimum atomic E-state index is -1.55. The first-order valence-electron chi connectivity index (χ1n) is 6.28. The summed E-state index contributed by atoms with van der Waals surface area (Å²) in [5.41, 5.74) is -0.153. The summed E-state index contributed by atoms with van der Waals surface area (Å²) in [6.45, 7) is 14.0. The fourth-order valence-corrected chi connectivity index (χ4v) is 2.32. The van der Waals surface area contributed by atoms with Gasteiger partial charge in [0, 0.05) is 4.91 Å². The maximum atomic E-state index is 12.0. The second kappa shape index (κ2) is 7.97. The number of carbonyl (C=O) groups excluding carboxylic acids is 2. The molecule has 0 aliphatic heterocycles. The predicted molar refractivity (Wildman–Crippen MR) is 82.1 cm³/mol. The molecule has 0 spiro atoms. The first-order chi connectivity index (χ1) is 9.47. The number of hydrogen-bond donors (Lipinski definition) is 1. The molecule has 0 radical (unpaired) electrons. The van der Waals surface area contributed by atoms with Gasteiger partial charge in [0.05, 0.1) is 23.7 Å². The van der Waals surface area contributed by atoms with Gasteiger partial charge in [0.15, 0.2) is 0 Å². The van der Waals surface area contributed by atoms with Gasteiger partial charge in [-0.2, -0.15) is 0 Å². The first-order valence-corrected chi connectivity index (χ1v) is 7.60. The van der Waals surface area contributed by atoms with Crippen molar-refractivity contribution >= 4 is 22.9 Å². The van der Waals surface area contributed by atoms with Crippen LogP contribution in [-0.2, 0) is 25.1 Å². The van der Waals surface area contributed by atoms with Crippen molar-refractivity contribution in [3.8, 4) is 0 Å². The van der Waals surface area contributed by atoms with Crippen molar-refractivity contribution in [3.05, 3.63) is 23.6 Å². The lowest BCUT2D eigenvalue weighted by atomic mass is 10.2. The number of esters is 1. The zero-order valence-corrected chi connectivity index (χ0v) is 14.0. The molecule has 0 rings (SSSR count). The summed E-state index contributed by atoms with van der Waals surface area (Å²) >= 11 is 0. The second-order valence-electron chi connectivity index (χ2n) is 5.44. The molecule has 6 nitrogen and oxygen atoms in total. The van der Waals surface area contributed by atoms with Crippen molar-refractivity contribution < 1.29 is 23.3 Å². The number of carbonyl (C=O) groups is 2. The maximum absolute atomic E-state index is 12.0. The Balaban J connectivity index is 4.87. The normalized spacial score (nSPS) is 13.8. The quantitative estimate of drug-likeness (QED) is 0.597. The van der Waals surface area contributed by atoms with Crippen LogP contribution >= 0.6 is 0 Å². The van der Waals surface area contributed by atoms with Gasteiger partial charge in [-0.1, -0.05) is 13.2 Å². The molecule has 0 aliphatic rings. The van der Waals surface area contributed by atoms with Gasteiger partial charge in [-0.25, -0.2) is 9.59 Å². The Labute approximate surface area is 128 Å². The molecular formula is C14H23NO5S. The highest BCUT2D eigenvalue weighted by molar-refractivity contribution is 7.89. The molecule has 7 heteroatoms. The number of nitrogens with one attached hydrogen (secondary N) is 1. The summed E-state index contributed by atoms with van der Waals surface area (Å²) in [6.07, 6.45) is -0.782. The average Bonchev–Trinajstić information content (AvgIpc) is 2.33. The molecule has 0 bridgehead atoms. The molecule has 0 saturated carbocycles. The largest absolute Gasteiger partial charge is 0.467 e. The monoisotopic (exact) mass is 317 g/mol. The van der Waals surface area contributed by atoms with Crippen molar-refractivity contribution in [2.75, 3.05) is 12.9 Å². The van der Waals surface area contributed by atoms with Crippen LogP contribution < -0.4 is 5.32 Å². The van der Waals surface area contributed by atoms with Gasteiger partial charge < -0.3 is 14.8 Å². The van der Waals surface area contributed by atoms with E-state index in [9.17, 15) is 13.8 Å². The van der Waals surface area contributed by atoms with E-state index in [1.807, 2.05) is 0 Å². The molecule has 0 aromatic rings. The minimum absolute atomic E-state index is 0.155. The molecule has 2 atom stereocenters. The van der Waals surface area contributed by atoms with Gasteiger partial charge >= 0.3 is 12.1 Å². The number of alkyl carbamates (subject to hydrolysis) is 1. The molecule has 0 aromatic heterocycles. The number of ether oxygens (including phenoxy) is 2. The Morgan fingerprint density at radius 3 is 2.19 bits per heavy atom. The highest BCUT2D eigenvalue weighted by atomic mass is 32.2. The Morgan fingerprint density at radius 1 is 1.29 bits per heavy atom. The van der Waals surface area contributed by atoms with Gasteiger partial charge in [0.25, 0.3) is 0 Å². The summed E-state index contributed by atoms with van der Waals surface area (Å²) in [6, 6.07) is -1.08. The van der Waals surface area contributed by atoms with E-state index in [0.29, 0.717) is 10.5 Å². The Morgan fingerprint density at radius 2 is 1.81 bits per heavy atom. The Hall–Kier alpha value is -1.63. The van der Waals surface area contributed by atoms with Gasteiger partial charge in [-0.3, -0.25) is 4.21 Å². The number of amides is 1. The van der Waals surface area contributed by atoms with E-state index >= 15 is 0 Å². The highest BCUT2D eigenvalue weighted by Crippen LogP contribution is 2.12. The number of rotatable bonds is 6. The fraction of sp³-hybridized carbons (Fsp3) is 0.571. The second-order valence-corrected chi connectivity index (χ2v) is 6.95. The molecule has 0 aliphatic carbocycles. The average molecular weight is 317 g/mol. The maximum Gasteiger partial charge on any atom is 0.408 e. The van der Waals surface area contributed by atoms with Crippen molar-refractivity contribution in [2.45, 2.75) is 39.3 Å². The predicted octanol–water partition coefficient (Wildman–Crippen LogP) is 1.89. The first kappa shape index (κ1) is 19.4. The van der Waals surface area contributed by atoms with Crippen molar-refractivity contribution in [2.24, 2.45) is 0 Å². The number of methoxy groups -OCH3 is 1. The van der Waals surface area contributed by atoms with Gasteiger partial charge in [0.2, 0.25) is 0 Å². The van der Waals surface area contributed by atoms with Gasteiger partial charge in [0.1, 0.15) is 11.6 Å². The van der Waals surface area contributed by atoms with Crippen LogP contribution in [0.3, 0.4) is 0 Å². The zero-order chi connectivity index (χ0) is 16.8. The van der Waals surface area contributed by atoms with E-state index in [1.165, 1.54) is 7.11 Å². The van der Waals surface area contributed by atoms with Crippen molar-refractivity contribution in [1.29, 1.82) is 0 Å². The standard InChI is InChI=1S/C14H23NO5S/c1-9(2)10(3)21(18)8-11(12(16)19-7)15-13(17)20-14(4,5)6/h11H,1,3,8H2,2,4-7H3,(H,15,17)/t11-,21+/m0/s1. The van der Waals surface area contributed by atoms with Gasteiger partial charge in [-0.15, -0.1) is 0 Å². The van der Waals surface area contributed by atoms with Crippen LogP contribution in [0.15, 0.2) is 23.6 Å². The third-order valence-corrected chi connectivity index (χ3v) is 3.78. The third kappa shape index (κ3) is 7.65. The number of allylic oxidation sites excluding steroid dienone is 1. The van der Waals surface area contributed by atoms with Crippen LogP contribution in [0.4, 0.5) is 4.79 Å². The Bertz CT molecular complexity index is 464. The van der Waals surface area contributed by atoms with Gasteiger partial charge in [-0.05, 0) is 33.3 Å². The molecule has 1 amide bonds. The van der Waals surface area contributed by atoms with Crippen molar-refractivity contribution in [3.63, 3.8) is 0 Å². The molecule has 21 heavy (non-hydrogen) atoms. The van der Waals surface area contributed by atoms with Crippen molar-refractivity contribution in [1.82, 2.24) is 5.32 Å². The van der Waals surface area contributed by atoms with E-state index in [4.69, 9.17) is 4.74 Å². The van der Waals surface area contributed by atoms with E-state index in [1.54, 1.807) is 27.7 Å². The SMILES string of the molecule is C=C(C)C(=C)[S@](=O)C[C@H](NC(=O)OC(C)(C)C)C(=O)OC. The van der Waals surface area contributed by atoms with Crippen LogP contribution in [0.5, 0.6) is 0 Å². The molecule has 0 fully saturated rings. The lowest BCUT2D eigenvalue weighted by molar-refractivity contribution is -0.142. The summed E-state index contributed by atoms with van der Waals surface area (Å²) in [4.78, 5) is 23.7. The minimum Gasteiger partial charge on any atom is -0.467 e. The van der Waals surface area contributed by atoms with Crippen LogP contribution in [0.2, 0.25) is 0 Å². The van der Waals surface area contributed by atoms with E-state index in [-0.39, 0.29) is 5.75 Å². The molecule has 120 valence electrons. The lowest BCUT2D eigenvalue weighted by Crippen LogP contribution is -2.47. The van der Waals surface area contributed by atoms with E-state index < -0.39 is 34.5 Å². The van der Waals surface area contributed by atoms with Crippen LogP contribution in [0.1, 0.15) is 27.7 Å². The molecule has 0 heterocycles.